The van der Waals surface area contributed by atoms with E-state index in [4.69, 9.17) is 4.84 Å². The molecule has 0 aromatic heterocycles. The third kappa shape index (κ3) is 1.56. The number of amidine groups is 1. The Morgan fingerprint density at radius 3 is 2.60 bits per heavy atom. The van der Waals surface area contributed by atoms with Crippen LogP contribution in [0.1, 0.15) is 20.8 Å². The number of oxime groups is 1. The quantitative estimate of drug-likeness (QED) is 0.542. The van der Waals surface area contributed by atoms with Crippen LogP contribution in [0.15, 0.2) is 10.1 Å². The summed E-state index contributed by atoms with van der Waals surface area (Å²) in [6.45, 7) is 6.58. The van der Waals surface area contributed by atoms with Crippen LogP contribution in [0.25, 0.3) is 0 Å². The van der Waals surface area contributed by atoms with Crippen LogP contribution in [-0.2, 0) is 4.84 Å². The molecule has 0 spiro atoms. The summed E-state index contributed by atoms with van der Waals surface area (Å²) in [7, 11) is 0. The van der Waals surface area contributed by atoms with Crippen molar-refractivity contribution in [2.45, 2.75) is 20.8 Å². The highest BCUT2D eigenvalue weighted by molar-refractivity contribution is 5.99. The van der Waals surface area contributed by atoms with E-state index in [1.165, 1.54) is 0 Å². The second-order valence-electron chi connectivity index (χ2n) is 2.67. The van der Waals surface area contributed by atoms with Crippen molar-refractivity contribution in [1.82, 2.24) is 0 Å². The van der Waals surface area contributed by atoms with Crippen LogP contribution >= 0.6 is 0 Å². The predicted octanol–water partition coefficient (Wildman–Crippen LogP) is 1.45. The third-order valence-corrected chi connectivity index (χ3v) is 1.38. The summed E-state index contributed by atoms with van der Waals surface area (Å²) in [4.78, 5) is 9.14. The van der Waals surface area contributed by atoms with E-state index in [0.717, 1.165) is 11.5 Å². The number of nitrogens with zero attached hydrogens (tertiary/aromatic N) is 2. The maximum absolute atomic E-state index is 4.91. The van der Waals surface area contributed by atoms with Crippen LogP contribution in [0.5, 0.6) is 0 Å². The zero-order chi connectivity index (χ0) is 7.56. The first-order valence-electron chi connectivity index (χ1n) is 3.44. The van der Waals surface area contributed by atoms with E-state index in [1.807, 2.05) is 6.92 Å². The van der Waals surface area contributed by atoms with Gasteiger partial charge in [-0.05, 0) is 12.8 Å². The van der Waals surface area contributed by atoms with Crippen molar-refractivity contribution in [2.24, 2.45) is 16.1 Å². The molecule has 0 fully saturated rings. The Balaban J connectivity index is 2.69. The Labute approximate surface area is 60.8 Å². The molecule has 0 amide bonds. The molecule has 0 N–H and O–H groups in total. The van der Waals surface area contributed by atoms with Crippen molar-refractivity contribution in [3.8, 4) is 0 Å². The van der Waals surface area contributed by atoms with Crippen LogP contribution < -0.4 is 0 Å². The highest BCUT2D eigenvalue weighted by atomic mass is 16.6. The summed E-state index contributed by atoms with van der Waals surface area (Å²) in [5, 5.41) is 3.69. The average molecular weight is 140 g/mol. The molecule has 0 aromatic carbocycles. The summed E-state index contributed by atoms with van der Waals surface area (Å²) >= 11 is 0. The molecule has 1 rings (SSSR count). The Bertz CT molecular complexity index is 182. The first kappa shape index (κ1) is 7.25. The first-order chi connectivity index (χ1) is 4.70. The van der Waals surface area contributed by atoms with Crippen molar-refractivity contribution in [2.75, 3.05) is 6.61 Å². The van der Waals surface area contributed by atoms with Gasteiger partial charge < -0.3 is 4.84 Å². The molecule has 0 saturated heterocycles. The highest BCUT2D eigenvalue weighted by Gasteiger charge is 2.09. The fourth-order valence-corrected chi connectivity index (χ4v) is 0.748. The molecule has 1 heterocycles. The predicted molar refractivity (Wildman–Crippen MR) is 41.3 cm³/mol. The molecule has 3 heteroatoms. The number of hydrogen-bond donors (Lipinski definition) is 0. The second-order valence-corrected chi connectivity index (χ2v) is 2.67. The second kappa shape index (κ2) is 2.82. The molecular weight excluding hydrogens is 128 g/mol. The van der Waals surface area contributed by atoms with Gasteiger partial charge in [0.15, 0.2) is 12.4 Å². The molecule has 1 aliphatic rings. The number of hydrogen-bond acceptors (Lipinski definition) is 3. The largest absolute Gasteiger partial charge is 0.388 e. The van der Waals surface area contributed by atoms with E-state index in [9.17, 15) is 0 Å². The molecule has 3 nitrogen and oxygen atoms in total. The van der Waals surface area contributed by atoms with E-state index in [2.05, 4.69) is 24.0 Å². The van der Waals surface area contributed by atoms with Gasteiger partial charge in [-0.25, -0.2) is 4.99 Å². The van der Waals surface area contributed by atoms with Gasteiger partial charge in [-0.3, -0.25) is 0 Å². The topological polar surface area (TPSA) is 34.0 Å². The number of aliphatic imine (C=N–C) groups is 1. The van der Waals surface area contributed by atoms with Gasteiger partial charge in [-0.1, -0.05) is 19.0 Å². The SMILES string of the molecule is CC1=NOCC(C(C)C)=N1. The van der Waals surface area contributed by atoms with Gasteiger partial charge in [0.05, 0.1) is 5.71 Å². The van der Waals surface area contributed by atoms with Gasteiger partial charge in [0.25, 0.3) is 0 Å². The standard InChI is InChI=1S/C7H12N2O/c1-5(2)7-4-10-9-6(3)8-7/h5H,4H2,1-3H3. The summed E-state index contributed by atoms with van der Waals surface area (Å²) < 4.78 is 0. The lowest BCUT2D eigenvalue weighted by Crippen LogP contribution is -2.19. The van der Waals surface area contributed by atoms with Crippen molar-refractivity contribution in [3.63, 3.8) is 0 Å². The average Bonchev–Trinajstić information content (AvgIpc) is 1.88. The fourth-order valence-electron chi connectivity index (χ4n) is 0.748. The number of rotatable bonds is 1. The molecule has 10 heavy (non-hydrogen) atoms. The van der Waals surface area contributed by atoms with Crippen molar-refractivity contribution in [3.05, 3.63) is 0 Å². The maximum atomic E-state index is 4.91. The van der Waals surface area contributed by atoms with Crippen LogP contribution in [0, 0.1) is 5.92 Å². The minimum Gasteiger partial charge on any atom is -0.388 e. The van der Waals surface area contributed by atoms with Crippen LogP contribution in [-0.4, -0.2) is 18.2 Å². The molecule has 1 aliphatic heterocycles. The van der Waals surface area contributed by atoms with Gasteiger partial charge in [0, 0.05) is 0 Å². The lowest BCUT2D eigenvalue weighted by molar-refractivity contribution is 0.177. The summed E-state index contributed by atoms with van der Waals surface area (Å²) in [6, 6.07) is 0. The van der Waals surface area contributed by atoms with Crippen LogP contribution in [0.2, 0.25) is 0 Å². The normalized spacial score (nSPS) is 18.0. The lowest BCUT2D eigenvalue weighted by Gasteiger charge is -2.12. The van der Waals surface area contributed by atoms with Gasteiger partial charge in [-0.2, -0.15) is 0 Å². The molecule has 56 valence electrons. The van der Waals surface area contributed by atoms with Gasteiger partial charge in [-0.15, -0.1) is 0 Å². The fraction of sp³-hybridized carbons (Fsp3) is 0.714. The Morgan fingerprint density at radius 1 is 1.50 bits per heavy atom. The maximum Gasteiger partial charge on any atom is 0.164 e. The van der Waals surface area contributed by atoms with Gasteiger partial charge >= 0.3 is 0 Å². The van der Waals surface area contributed by atoms with Crippen molar-refractivity contribution >= 4 is 11.5 Å². The van der Waals surface area contributed by atoms with E-state index in [0.29, 0.717) is 12.5 Å². The zero-order valence-corrected chi connectivity index (χ0v) is 6.59. The molecular formula is C7H12N2O. The van der Waals surface area contributed by atoms with E-state index < -0.39 is 0 Å². The van der Waals surface area contributed by atoms with Crippen LogP contribution in [0.3, 0.4) is 0 Å². The van der Waals surface area contributed by atoms with Crippen molar-refractivity contribution < 1.29 is 4.84 Å². The van der Waals surface area contributed by atoms with Gasteiger partial charge in [0.1, 0.15) is 0 Å². The Kier molecular flexibility index (Phi) is 2.04. The molecule has 0 radical (unpaired) electrons. The summed E-state index contributed by atoms with van der Waals surface area (Å²) in [5.74, 6) is 1.18. The first-order valence-corrected chi connectivity index (χ1v) is 3.44. The molecule has 0 saturated carbocycles. The third-order valence-electron chi connectivity index (χ3n) is 1.38. The zero-order valence-electron chi connectivity index (χ0n) is 6.59. The lowest BCUT2D eigenvalue weighted by atomic mass is 10.1. The smallest absolute Gasteiger partial charge is 0.164 e. The van der Waals surface area contributed by atoms with E-state index in [-0.39, 0.29) is 0 Å². The molecule has 0 aliphatic carbocycles. The summed E-state index contributed by atoms with van der Waals surface area (Å²) in [5.41, 5.74) is 1.08. The van der Waals surface area contributed by atoms with Crippen molar-refractivity contribution in [1.29, 1.82) is 0 Å². The van der Waals surface area contributed by atoms with E-state index in [1.54, 1.807) is 0 Å². The highest BCUT2D eigenvalue weighted by Crippen LogP contribution is 2.03. The minimum atomic E-state index is 0.463. The Morgan fingerprint density at radius 2 is 2.20 bits per heavy atom. The summed E-state index contributed by atoms with van der Waals surface area (Å²) in [6.07, 6.45) is 0. The Hall–Kier alpha value is -0.860. The molecule has 0 aromatic rings. The monoisotopic (exact) mass is 140 g/mol. The van der Waals surface area contributed by atoms with Gasteiger partial charge in [0.2, 0.25) is 0 Å². The van der Waals surface area contributed by atoms with Crippen LogP contribution in [0.4, 0.5) is 0 Å². The molecule has 0 bridgehead atoms. The van der Waals surface area contributed by atoms with E-state index >= 15 is 0 Å². The minimum absolute atomic E-state index is 0.463. The molecule has 0 atom stereocenters. The molecule has 0 unspecified atom stereocenters.